The van der Waals surface area contributed by atoms with Crippen LogP contribution in [0.5, 0.6) is 0 Å². The summed E-state index contributed by atoms with van der Waals surface area (Å²) in [6.07, 6.45) is 7.02. The number of amides is 1. The van der Waals surface area contributed by atoms with Gasteiger partial charge in [-0.1, -0.05) is 66.7 Å². The first-order valence-corrected chi connectivity index (χ1v) is 10.9. The number of carbonyl (C=O) groups excluding carboxylic acids is 1. The van der Waals surface area contributed by atoms with E-state index in [4.69, 9.17) is 4.98 Å². The van der Waals surface area contributed by atoms with Crippen molar-refractivity contribution in [1.29, 1.82) is 0 Å². The molecule has 0 radical (unpaired) electrons. The largest absolute Gasteiger partial charge is 0.319 e. The van der Waals surface area contributed by atoms with Crippen LogP contribution in [-0.2, 0) is 4.79 Å². The van der Waals surface area contributed by atoms with E-state index in [1.54, 1.807) is 18.2 Å². The maximum Gasteiger partial charge on any atom is 0.248 e. The molecule has 0 atom stereocenters. The highest BCUT2D eigenvalue weighted by molar-refractivity contribution is 6.04. The number of halogens is 1. The van der Waals surface area contributed by atoms with E-state index in [1.807, 2.05) is 48.0 Å². The predicted molar refractivity (Wildman–Crippen MR) is 135 cm³/mol. The Morgan fingerprint density at radius 2 is 1.56 bits per heavy atom. The van der Waals surface area contributed by atoms with Gasteiger partial charge in [0.1, 0.15) is 5.82 Å². The van der Waals surface area contributed by atoms with Crippen LogP contribution < -0.4 is 5.32 Å². The van der Waals surface area contributed by atoms with Crippen molar-refractivity contribution in [3.8, 4) is 22.4 Å². The standard InChI is InChI=1S/C29H22FN3O/c1-20-17-26(31-28(34)16-9-21-7-14-25(30)15-8-21)29-32-27(19-33(29)18-20)24-12-10-23(11-13-24)22-5-3-2-4-6-22/h2-19H,1H3,(H,31,34)/b16-9+. The second-order valence-corrected chi connectivity index (χ2v) is 8.11. The molecule has 0 fully saturated rings. The lowest BCUT2D eigenvalue weighted by molar-refractivity contribution is -0.111. The van der Waals surface area contributed by atoms with Gasteiger partial charge in [-0.05, 0) is 53.5 Å². The minimum atomic E-state index is -0.312. The summed E-state index contributed by atoms with van der Waals surface area (Å²) in [6.45, 7) is 1.97. The van der Waals surface area contributed by atoms with Gasteiger partial charge in [-0.2, -0.15) is 0 Å². The van der Waals surface area contributed by atoms with E-state index in [1.165, 1.54) is 23.8 Å². The number of fused-ring (bicyclic) bond motifs is 1. The molecule has 0 saturated heterocycles. The average molecular weight is 448 g/mol. The third-order valence-corrected chi connectivity index (χ3v) is 5.53. The van der Waals surface area contributed by atoms with Gasteiger partial charge in [-0.15, -0.1) is 0 Å². The van der Waals surface area contributed by atoms with Crippen molar-refractivity contribution >= 4 is 23.3 Å². The summed E-state index contributed by atoms with van der Waals surface area (Å²) in [5, 5.41) is 2.92. The van der Waals surface area contributed by atoms with Crippen LogP contribution in [0.2, 0.25) is 0 Å². The third-order valence-electron chi connectivity index (χ3n) is 5.53. The molecular formula is C29H22FN3O. The van der Waals surface area contributed by atoms with Gasteiger partial charge in [0, 0.05) is 24.0 Å². The molecule has 5 rings (SSSR count). The number of pyridine rings is 1. The van der Waals surface area contributed by atoms with E-state index >= 15 is 0 Å². The molecule has 166 valence electrons. The van der Waals surface area contributed by atoms with E-state index in [0.717, 1.165) is 27.9 Å². The van der Waals surface area contributed by atoms with Gasteiger partial charge < -0.3 is 9.72 Å². The highest BCUT2D eigenvalue weighted by Crippen LogP contribution is 2.27. The Morgan fingerprint density at radius 3 is 2.29 bits per heavy atom. The Balaban J connectivity index is 1.40. The number of aromatic nitrogens is 2. The molecule has 0 bridgehead atoms. The molecule has 3 aromatic carbocycles. The lowest BCUT2D eigenvalue weighted by atomic mass is 10.0. The third kappa shape index (κ3) is 4.64. The van der Waals surface area contributed by atoms with Crippen LogP contribution in [0.15, 0.2) is 103 Å². The fourth-order valence-electron chi connectivity index (χ4n) is 3.86. The molecule has 5 aromatic rings. The number of hydrogen-bond acceptors (Lipinski definition) is 2. The molecular weight excluding hydrogens is 425 g/mol. The van der Waals surface area contributed by atoms with Crippen molar-refractivity contribution in [2.75, 3.05) is 5.32 Å². The van der Waals surface area contributed by atoms with Gasteiger partial charge in [0.05, 0.1) is 11.4 Å². The number of hydrogen-bond donors (Lipinski definition) is 1. The molecule has 2 aromatic heterocycles. The van der Waals surface area contributed by atoms with Crippen LogP contribution in [-0.4, -0.2) is 15.3 Å². The molecule has 0 spiro atoms. The minimum Gasteiger partial charge on any atom is -0.319 e. The second-order valence-electron chi connectivity index (χ2n) is 8.11. The van der Waals surface area contributed by atoms with E-state index in [9.17, 15) is 9.18 Å². The molecule has 0 saturated carbocycles. The van der Waals surface area contributed by atoms with Crippen LogP contribution >= 0.6 is 0 Å². The summed E-state index contributed by atoms with van der Waals surface area (Å²) >= 11 is 0. The molecule has 2 heterocycles. The molecule has 4 nitrogen and oxygen atoms in total. The molecule has 0 aliphatic heterocycles. The normalized spacial score (nSPS) is 11.2. The topological polar surface area (TPSA) is 46.4 Å². The van der Waals surface area contributed by atoms with Crippen LogP contribution in [0, 0.1) is 12.7 Å². The summed E-state index contributed by atoms with van der Waals surface area (Å²) in [7, 11) is 0. The van der Waals surface area contributed by atoms with Crippen LogP contribution in [0.4, 0.5) is 10.1 Å². The van der Waals surface area contributed by atoms with Gasteiger partial charge in [0.25, 0.3) is 0 Å². The number of benzene rings is 3. The fourth-order valence-corrected chi connectivity index (χ4v) is 3.86. The Hall–Kier alpha value is -4.51. The Kier molecular flexibility index (Phi) is 5.75. The maximum absolute atomic E-state index is 13.1. The Labute approximate surface area is 197 Å². The van der Waals surface area contributed by atoms with Gasteiger partial charge >= 0.3 is 0 Å². The van der Waals surface area contributed by atoms with E-state index in [2.05, 4.69) is 41.7 Å². The highest BCUT2D eigenvalue weighted by atomic mass is 19.1. The van der Waals surface area contributed by atoms with Crippen molar-refractivity contribution in [2.45, 2.75) is 6.92 Å². The zero-order chi connectivity index (χ0) is 23.5. The monoisotopic (exact) mass is 447 g/mol. The van der Waals surface area contributed by atoms with Crippen molar-refractivity contribution in [3.05, 3.63) is 120 Å². The van der Waals surface area contributed by atoms with Gasteiger partial charge in [-0.25, -0.2) is 9.37 Å². The first kappa shape index (κ1) is 21.3. The molecule has 0 aliphatic carbocycles. The van der Waals surface area contributed by atoms with Gasteiger partial charge in [0.2, 0.25) is 5.91 Å². The van der Waals surface area contributed by atoms with E-state index in [-0.39, 0.29) is 11.7 Å². The summed E-state index contributed by atoms with van der Waals surface area (Å²) in [5.41, 5.74) is 7.15. The van der Waals surface area contributed by atoms with Crippen molar-refractivity contribution < 1.29 is 9.18 Å². The molecule has 0 aliphatic rings. The minimum absolute atomic E-state index is 0.284. The maximum atomic E-state index is 13.1. The predicted octanol–water partition coefficient (Wildman–Crippen LogP) is 6.77. The molecule has 0 unspecified atom stereocenters. The SMILES string of the molecule is Cc1cc(NC(=O)/C=C/c2ccc(F)cc2)c2nc(-c3ccc(-c4ccccc4)cc3)cn2c1. The molecule has 1 amide bonds. The zero-order valence-corrected chi connectivity index (χ0v) is 18.6. The molecule has 34 heavy (non-hydrogen) atoms. The van der Waals surface area contributed by atoms with Crippen molar-refractivity contribution in [1.82, 2.24) is 9.38 Å². The number of imidazole rings is 1. The van der Waals surface area contributed by atoms with Crippen LogP contribution in [0.3, 0.4) is 0 Å². The average Bonchev–Trinajstić information content (AvgIpc) is 3.29. The summed E-state index contributed by atoms with van der Waals surface area (Å²) in [6, 6.07) is 26.4. The number of carbonyl (C=O) groups is 1. The van der Waals surface area contributed by atoms with Crippen molar-refractivity contribution in [3.63, 3.8) is 0 Å². The number of nitrogens with zero attached hydrogens (tertiary/aromatic N) is 2. The first-order valence-electron chi connectivity index (χ1n) is 10.9. The lowest BCUT2D eigenvalue weighted by Crippen LogP contribution is -2.09. The quantitative estimate of drug-likeness (QED) is 0.302. The van der Waals surface area contributed by atoms with Gasteiger partial charge in [-0.3, -0.25) is 4.79 Å². The van der Waals surface area contributed by atoms with Gasteiger partial charge in [0.15, 0.2) is 5.65 Å². The first-order chi connectivity index (χ1) is 16.5. The summed E-state index contributed by atoms with van der Waals surface area (Å²) in [5.74, 6) is -0.595. The van der Waals surface area contributed by atoms with Crippen LogP contribution in [0.1, 0.15) is 11.1 Å². The summed E-state index contributed by atoms with van der Waals surface area (Å²) in [4.78, 5) is 17.3. The number of rotatable bonds is 5. The van der Waals surface area contributed by atoms with E-state index < -0.39 is 0 Å². The summed E-state index contributed by atoms with van der Waals surface area (Å²) < 4.78 is 15.0. The Morgan fingerprint density at radius 1 is 0.882 bits per heavy atom. The zero-order valence-electron chi connectivity index (χ0n) is 18.6. The number of nitrogens with one attached hydrogen (secondary N) is 1. The Bertz CT molecular complexity index is 1490. The second kappa shape index (κ2) is 9.16. The molecule has 1 N–H and O–H groups in total. The highest BCUT2D eigenvalue weighted by Gasteiger charge is 2.11. The number of anilines is 1. The molecule has 5 heteroatoms. The number of aryl methyl sites for hydroxylation is 1. The lowest BCUT2D eigenvalue weighted by Gasteiger charge is -2.06. The van der Waals surface area contributed by atoms with E-state index in [0.29, 0.717) is 11.3 Å². The smallest absolute Gasteiger partial charge is 0.248 e. The fraction of sp³-hybridized carbons (Fsp3) is 0.0345. The van der Waals surface area contributed by atoms with Crippen LogP contribution in [0.25, 0.3) is 34.1 Å². The van der Waals surface area contributed by atoms with Crippen molar-refractivity contribution in [2.24, 2.45) is 0 Å².